The number of hydrogen-bond donors (Lipinski definition) is 1. The SMILES string of the molecule is CCOC(=O)NC1CC(C)CN(c2ccc(F)cc2)C1. The smallest absolute Gasteiger partial charge is 0.407 e. The number of rotatable bonds is 3. The van der Waals surface area contributed by atoms with Gasteiger partial charge < -0.3 is 15.0 Å². The van der Waals surface area contributed by atoms with E-state index in [1.165, 1.54) is 12.1 Å². The van der Waals surface area contributed by atoms with E-state index < -0.39 is 0 Å². The molecule has 0 radical (unpaired) electrons. The number of carbonyl (C=O) groups is 1. The fourth-order valence-electron chi connectivity index (χ4n) is 2.66. The van der Waals surface area contributed by atoms with E-state index >= 15 is 0 Å². The van der Waals surface area contributed by atoms with Crippen molar-refractivity contribution >= 4 is 11.8 Å². The maximum atomic E-state index is 13.0. The molecular weight excluding hydrogens is 259 g/mol. The van der Waals surface area contributed by atoms with Crippen LogP contribution in [-0.4, -0.2) is 31.8 Å². The summed E-state index contributed by atoms with van der Waals surface area (Å²) in [7, 11) is 0. The van der Waals surface area contributed by atoms with Gasteiger partial charge in [0.15, 0.2) is 0 Å². The van der Waals surface area contributed by atoms with Gasteiger partial charge in [0.1, 0.15) is 5.82 Å². The second-order valence-corrected chi connectivity index (χ2v) is 5.28. The van der Waals surface area contributed by atoms with Crippen LogP contribution in [0.1, 0.15) is 20.3 Å². The molecule has 0 aliphatic carbocycles. The van der Waals surface area contributed by atoms with Crippen LogP contribution in [0, 0.1) is 11.7 Å². The lowest BCUT2D eigenvalue weighted by Gasteiger charge is -2.38. The van der Waals surface area contributed by atoms with Crippen LogP contribution in [0.2, 0.25) is 0 Å². The average Bonchev–Trinajstić information content (AvgIpc) is 2.39. The van der Waals surface area contributed by atoms with Gasteiger partial charge in [0.25, 0.3) is 0 Å². The minimum atomic E-state index is -0.370. The number of ether oxygens (including phenoxy) is 1. The Balaban J connectivity index is 2.00. The van der Waals surface area contributed by atoms with E-state index in [2.05, 4.69) is 17.1 Å². The number of nitrogens with one attached hydrogen (secondary N) is 1. The first-order valence-corrected chi connectivity index (χ1v) is 7.02. The van der Waals surface area contributed by atoms with Crippen molar-refractivity contribution in [3.05, 3.63) is 30.1 Å². The summed E-state index contributed by atoms with van der Waals surface area (Å²) in [5.41, 5.74) is 0.980. The van der Waals surface area contributed by atoms with Crippen molar-refractivity contribution in [2.24, 2.45) is 5.92 Å². The fourth-order valence-corrected chi connectivity index (χ4v) is 2.66. The summed E-state index contributed by atoms with van der Waals surface area (Å²) >= 11 is 0. The monoisotopic (exact) mass is 280 g/mol. The van der Waals surface area contributed by atoms with Crippen molar-refractivity contribution in [2.45, 2.75) is 26.3 Å². The highest BCUT2D eigenvalue weighted by Crippen LogP contribution is 2.23. The topological polar surface area (TPSA) is 41.6 Å². The number of amides is 1. The van der Waals surface area contributed by atoms with Crippen LogP contribution in [0.25, 0.3) is 0 Å². The Morgan fingerprint density at radius 1 is 1.40 bits per heavy atom. The van der Waals surface area contributed by atoms with Crippen LogP contribution in [0.5, 0.6) is 0 Å². The molecule has 0 aromatic heterocycles. The highest BCUT2D eigenvalue weighted by Gasteiger charge is 2.26. The lowest BCUT2D eigenvalue weighted by Crippen LogP contribution is -2.50. The standard InChI is InChI=1S/C15H21FN2O2/c1-3-20-15(19)17-13-8-11(2)9-18(10-13)14-6-4-12(16)5-7-14/h4-7,11,13H,3,8-10H2,1-2H3,(H,17,19). The summed E-state index contributed by atoms with van der Waals surface area (Å²) in [6.45, 7) is 5.93. The highest BCUT2D eigenvalue weighted by atomic mass is 19.1. The predicted molar refractivity (Wildman–Crippen MR) is 76.3 cm³/mol. The quantitative estimate of drug-likeness (QED) is 0.925. The lowest BCUT2D eigenvalue weighted by atomic mass is 9.95. The van der Waals surface area contributed by atoms with E-state index in [1.54, 1.807) is 19.1 Å². The molecule has 0 bridgehead atoms. The molecule has 2 unspecified atom stereocenters. The lowest BCUT2D eigenvalue weighted by molar-refractivity contribution is 0.145. The largest absolute Gasteiger partial charge is 0.450 e. The summed E-state index contributed by atoms with van der Waals surface area (Å²) < 4.78 is 17.9. The van der Waals surface area contributed by atoms with Crippen LogP contribution in [0.15, 0.2) is 24.3 Å². The molecule has 1 aromatic carbocycles. The summed E-state index contributed by atoms with van der Waals surface area (Å²) in [6, 6.07) is 6.52. The number of piperidine rings is 1. The third-order valence-corrected chi connectivity index (χ3v) is 3.45. The second-order valence-electron chi connectivity index (χ2n) is 5.28. The molecule has 1 aliphatic rings. The number of anilines is 1. The van der Waals surface area contributed by atoms with Gasteiger partial charge in [-0.1, -0.05) is 6.92 Å². The zero-order chi connectivity index (χ0) is 14.5. The van der Waals surface area contributed by atoms with Gasteiger partial charge in [0, 0.05) is 24.8 Å². The molecule has 4 nitrogen and oxygen atoms in total. The third kappa shape index (κ3) is 3.85. The Bertz CT molecular complexity index is 450. The van der Waals surface area contributed by atoms with Crippen LogP contribution in [0.4, 0.5) is 14.9 Å². The Morgan fingerprint density at radius 2 is 2.10 bits per heavy atom. The molecule has 1 amide bonds. The van der Waals surface area contributed by atoms with E-state index in [0.29, 0.717) is 12.5 Å². The van der Waals surface area contributed by atoms with Crippen molar-refractivity contribution < 1.29 is 13.9 Å². The van der Waals surface area contributed by atoms with Crippen molar-refractivity contribution in [2.75, 3.05) is 24.6 Å². The van der Waals surface area contributed by atoms with Gasteiger partial charge in [-0.2, -0.15) is 0 Å². The molecular formula is C15H21FN2O2. The molecule has 1 aliphatic heterocycles. The molecule has 2 atom stereocenters. The number of hydrogen-bond acceptors (Lipinski definition) is 3. The van der Waals surface area contributed by atoms with Crippen molar-refractivity contribution in [3.8, 4) is 0 Å². The summed E-state index contributed by atoms with van der Waals surface area (Å²) in [4.78, 5) is 13.7. The fraction of sp³-hybridized carbons (Fsp3) is 0.533. The van der Waals surface area contributed by atoms with Gasteiger partial charge in [-0.15, -0.1) is 0 Å². The van der Waals surface area contributed by atoms with Crippen LogP contribution >= 0.6 is 0 Å². The zero-order valence-corrected chi connectivity index (χ0v) is 11.9. The minimum Gasteiger partial charge on any atom is -0.450 e. The molecule has 110 valence electrons. The van der Waals surface area contributed by atoms with E-state index in [1.807, 2.05) is 0 Å². The number of benzene rings is 1. The number of halogens is 1. The van der Waals surface area contributed by atoms with E-state index in [9.17, 15) is 9.18 Å². The number of alkyl carbamates (subject to hydrolysis) is 1. The van der Waals surface area contributed by atoms with E-state index in [-0.39, 0.29) is 18.0 Å². The molecule has 1 aromatic rings. The molecule has 5 heteroatoms. The molecule has 20 heavy (non-hydrogen) atoms. The average molecular weight is 280 g/mol. The van der Waals surface area contributed by atoms with Crippen molar-refractivity contribution in [1.82, 2.24) is 5.32 Å². The predicted octanol–water partition coefficient (Wildman–Crippen LogP) is 2.79. The van der Waals surface area contributed by atoms with Gasteiger partial charge in [0.05, 0.1) is 6.61 Å². The Hall–Kier alpha value is -1.78. The first-order valence-electron chi connectivity index (χ1n) is 7.02. The molecule has 1 N–H and O–H groups in total. The summed E-state index contributed by atoms with van der Waals surface area (Å²) in [6.07, 6.45) is 0.557. The second kappa shape index (κ2) is 6.59. The summed E-state index contributed by atoms with van der Waals surface area (Å²) in [5, 5.41) is 2.88. The highest BCUT2D eigenvalue weighted by molar-refractivity contribution is 5.67. The zero-order valence-electron chi connectivity index (χ0n) is 11.9. The molecule has 0 saturated carbocycles. The molecule has 1 fully saturated rings. The molecule has 1 saturated heterocycles. The summed E-state index contributed by atoms with van der Waals surface area (Å²) in [5.74, 6) is 0.223. The first kappa shape index (κ1) is 14.6. The Morgan fingerprint density at radius 3 is 2.75 bits per heavy atom. The first-order chi connectivity index (χ1) is 9.58. The van der Waals surface area contributed by atoms with Gasteiger partial charge in [0.2, 0.25) is 0 Å². The van der Waals surface area contributed by atoms with Crippen LogP contribution < -0.4 is 10.2 Å². The van der Waals surface area contributed by atoms with Gasteiger partial charge >= 0.3 is 6.09 Å². The van der Waals surface area contributed by atoms with Crippen molar-refractivity contribution in [1.29, 1.82) is 0 Å². The van der Waals surface area contributed by atoms with E-state index in [4.69, 9.17) is 4.74 Å². The molecule has 0 spiro atoms. The number of nitrogens with zero attached hydrogens (tertiary/aromatic N) is 1. The van der Waals surface area contributed by atoms with Crippen molar-refractivity contribution in [3.63, 3.8) is 0 Å². The van der Waals surface area contributed by atoms with Gasteiger partial charge in [-0.3, -0.25) is 0 Å². The van der Waals surface area contributed by atoms with Crippen LogP contribution in [0.3, 0.4) is 0 Å². The minimum absolute atomic E-state index is 0.0582. The van der Waals surface area contributed by atoms with Gasteiger partial charge in [-0.25, -0.2) is 9.18 Å². The van der Waals surface area contributed by atoms with Crippen LogP contribution in [-0.2, 0) is 4.74 Å². The Kier molecular flexibility index (Phi) is 4.82. The van der Waals surface area contributed by atoms with E-state index in [0.717, 1.165) is 25.2 Å². The maximum Gasteiger partial charge on any atom is 0.407 e. The number of carbonyl (C=O) groups excluding carboxylic acids is 1. The van der Waals surface area contributed by atoms with Gasteiger partial charge in [-0.05, 0) is 43.5 Å². The Labute approximate surface area is 118 Å². The third-order valence-electron chi connectivity index (χ3n) is 3.45. The molecule has 2 rings (SSSR count). The normalized spacial score (nSPS) is 22.4. The maximum absolute atomic E-state index is 13.0. The molecule has 1 heterocycles.